The molecule has 1 aliphatic rings. The van der Waals surface area contributed by atoms with Crippen LogP contribution in [0.3, 0.4) is 0 Å². The minimum atomic E-state index is -1.34. The summed E-state index contributed by atoms with van der Waals surface area (Å²) in [7, 11) is 1.44. The number of aliphatic hydroxyl groups excluding tert-OH is 2. The van der Waals surface area contributed by atoms with Gasteiger partial charge in [0, 0.05) is 20.6 Å². The number of amides is 1. The normalized spacial score (nSPS) is 24.8. The predicted octanol–water partition coefficient (Wildman–Crippen LogP) is 2.59. The molecule has 0 unspecified atom stereocenters. The second kappa shape index (κ2) is 11.4. The standard InChI is InChI=1S/C25H30FNO6/c1-4-6-21-24(31-3)22(29)23(30)25(33-21)32-19-10-9-16(11-12-27-15(2)28)20(14-19)17-7-5-8-18(26)13-17/h4-5,7-10,13-14,21-25,29-30H,1,6,11-12H2,2-3H3,(H,27,28)/t21-,22+,23-,24+,25-/m1/s1. The molecule has 0 radical (unpaired) electrons. The number of carbonyl (C=O) groups excluding carboxylic acids is 1. The van der Waals surface area contributed by atoms with E-state index in [9.17, 15) is 19.4 Å². The third-order valence-corrected chi connectivity index (χ3v) is 5.55. The van der Waals surface area contributed by atoms with Gasteiger partial charge in [0.15, 0.2) is 0 Å². The van der Waals surface area contributed by atoms with Crippen molar-refractivity contribution in [1.82, 2.24) is 5.32 Å². The molecule has 1 amide bonds. The lowest BCUT2D eigenvalue weighted by atomic mass is 9.96. The molecule has 8 heteroatoms. The molecule has 7 nitrogen and oxygen atoms in total. The molecule has 0 spiro atoms. The molecule has 1 fully saturated rings. The highest BCUT2D eigenvalue weighted by Crippen LogP contribution is 2.32. The van der Waals surface area contributed by atoms with Gasteiger partial charge in [0.2, 0.25) is 12.2 Å². The van der Waals surface area contributed by atoms with Gasteiger partial charge in [0.05, 0.1) is 6.10 Å². The molecule has 33 heavy (non-hydrogen) atoms. The zero-order valence-electron chi connectivity index (χ0n) is 18.7. The Bertz CT molecular complexity index is 968. The van der Waals surface area contributed by atoms with Crippen LogP contribution in [0.4, 0.5) is 4.39 Å². The molecule has 1 saturated heterocycles. The molecule has 0 aromatic heterocycles. The number of ether oxygens (including phenoxy) is 3. The molecule has 0 saturated carbocycles. The van der Waals surface area contributed by atoms with Crippen molar-refractivity contribution in [3.63, 3.8) is 0 Å². The summed E-state index contributed by atoms with van der Waals surface area (Å²) in [5, 5.41) is 23.8. The lowest BCUT2D eigenvalue weighted by Crippen LogP contribution is -2.59. The molecule has 0 aliphatic carbocycles. The van der Waals surface area contributed by atoms with Gasteiger partial charge in [-0.15, -0.1) is 6.58 Å². The summed E-state index contributed by atoms with van der Waals surface area (Å²) in [5.41, 5.74) is 2.25. The first-order valence-corrected chi connectivity index (χ1v) is 10.8. The van der Waals surface area contributed by atoms with E-state index < -0.39 is 30.7 Å². The summed E-state index contributed by atoms with van der Waals surface area (Å²) in [6, 6.07) is 11.4. The molecule has 5 atom stereocenters. The Morgan fingerprint density at radius 3 is 2.70 bits per heavy atom. The van der Waals surface area contributed by atoms with Crippen molar-refractivity contribution in [2.75, 3.05) is 13.7 Å². The van der Waals surface area contributed by atoms with Crippen LogP contribution in [0, 0.1) is 5.82 Å². The van der Waals surface area contributed by atoms with Gasteiger partial charge in [-0.05, 0) is 53.8 Å². The van der Waals surface area contributed by atoms with E-state index in [1.54, 1.807) is 30.3 Å². The van der Waals surface area contributed by atoms with Crippen molar-refractivity contribution in [1.29, 1.82) is 0 Å². The minimum Gasteiger partial charge on any atom is -0.462 e. The number of methoxy groups -OCH3 is 1. The summed E-state index contributed by atoms with van der Waals surface area (Å²) in [5.74, 6) is -0.131. The summed E-state index contributed by atoms with van der Waals surface area (Å²) < 4.78 is 31.0. The Labute approximate surface area is 192 Å². The van der Waals surface area contributed by atoms with Crippen LogP contribution >= 0.6 is 0 Å². The molecule has 3 N–H and O–H groups in total. The molecule has 1 aliphatic heterocycles. The van der Waals surface area contributed by atoms with Crippen molar-refractivity contribution < 1.29 is 33.6 Å². The number of hydrogen-bond donors (Lipinski definition) is 3. The van der Waals surface area contributed by atoms with Gasteiger partial charge in [-0.25, -0.2) is 4.39 Å². The predicted molar refractivity (Wildman–Crippen MR) is 121 cm³/mol. The number of nitrogens with one attached hydrogen (secondary N) is 1. The maximum Gasteiger partial charge on any atom is 0.229 e. The quantitative estimate of drug-likeness (QED) is 0.499. The molecule has 1 heterocycles. The molecular weight excluding hydrogens is 429 g/mol. The molecule has 2 aromatic rings. The summed E-state index contributed by atoms with van der Waals surface area (Å²) in [6.07, 6.45) is -2.38. The highest BCUT2D eigenvalue weighted by molar-refractivity contribution is 5.73. The van der Waals surface area contributed by atoms with E-state index in [4.69, 9.17) is 14.2 Å². The Morgan fingerprint density at radius 1 is 1.24 bits per heavy atom. The van der Waals surface area contributed by atoms with Crippen molar-refractivity contribution in [2.45, 2.75) is 50.5 Å². The first-order chi connectivity index (χ1) is 15.8. The maximum absolute atomic E-state index is 13.9. The highest BCUT2D eigenvalue weighted by atomic mass is 19.1. The van der Waals surface area contributed by atoms with Gasteiger partial charge in [-0.1, -0.05) is 24.3 Å². The smallest absolute Gasteiger partial charge is 0.229 e. The molecular formula is C25H30FNO6. The van der Waals surface area contributed by atoms with Crippen LogP contribution in [-0.2, 0) is 20.7 Å². The number of hydrogen-bond acceptors (Lipinski definition) is 6. The molecule has 3 rings (SSSR count). The lowest BCUT2D eigenvalue weighted by Gasteiger charge is -2.41. The lowest BCUT2D eigenvalue weighted by molar-refractivity contribution is -0.275. The summed E-state index contributed by atoms with van der Waals surface area (Å²) >= 11 is 0. The van der Waals surface area contributed by atoms with E-state index in [2.05, 4.69) is 11.9 Å². The van der Waals surface area contributed by atoms with Crippen molar-refractivity contribution >= 4 is 5.91 Å². The molecule has 178 valence electrons. The van der Waals surface area contributed by atoms with Crippen LogP contribution in [0.1, 0.15) is 18.9 Å². The highest BCUT2D eigenvalue weighted by Gasteiger charge is 2.45. The zero-order chi connectivity index (χ0) is 24.0. The van der Waals surface area contributed by atoms with E-state index in [1.807, 2.05) is 6.07 Å². The number of aliphatic hydroxyl groups is 2. The minimum absolute atomic E-state index is 0.132. The van der Waals surface area contributed by atoms with Crippen LogP contribution < -0.4 is 10.1 Å². The van der Waals surface area contributed by atoms with Gasteiger partial charge in [0.25, 0.3) is 0 Å². The first-order valence-electron chi connectivity index (χ1n) is 10.8. The topological polar surface area (TPSA) is 97.3 Å². The third-order valence-electron chi connectivity index (χ3n) is 5.55. The SMILES string of the molecule is C=CC[C@H]1O[C@@H](Oc2ccc(CCNC(C)=O)c(-c3cccc(F)c3)c2)[C@H](O)[C@H](O)[C@H]1OC. The van der Waals surface area contributed by atoms with E-state index in [1.165, 1.54) is 26.2 Å². The fraction of sp³-hybridized carbons (Fsp3) is 0.400. The van der Waals surface area contributed by atoms with Gasteiger partial charge in [-0.3, -0.25) is 4.79 Å². The van der Waals surface area contributed by atoms with Crippen molar-refractivity contribution in [2.24, 2.45) is 0 Å². The fourth-order valence-electron chi connectivity index (χ4n) is 3.93. The Kier molecular flexibility index (Phi) is 8.57. The Morgan fingerprint density at radius 2 is 2.03 bits per heavy atom. The summed E-state index contributed by atoms with van der Waals surface area (Å²) in [4.78, 5) is 11.2. The fourth-order valence-corrected chi connectivity index (χ4v) is 3.93. The van der Waals surface area contributed by atoms with Crippen LogP contribution in [-0.4, -0.2) is 60.5 Å². The van der Waals surface area contributed by atoms with Crippen LogP contribution in [0.25, 0.3) is 11.1 Å². The van der Waals surface area contributed by atoms with E-state index in [0.29, 0.717) is 30.7 Å². The van der Waals surface area contributed by atoms with E-state index in [0.717, 1.165) is 11.1 Å². The van der Waals surface area contributed by atoms with Crippen LogP contribution in [0.2, 0.25) is 0 Å². The molecule has 2 aromatic carbocycles. The van der Waals surface area contributed by atoms with Gasteiger partial charge >= 0.3 is 0 Å². The van der Waals surface area contributed by atoms with Gasteiger partial charge < -0.3 is 29.7 Å². The first kappa shape index (κ1) is 24.9. The Balaban J connectivity index is 1.87. The third kappa shape index (κ3) is 6.17. The summed E-state index contributed by atoms with van der Waals surface area (Å²) in [6.45, 7) is 5.57. The van der Waals surface area contributed by atoms with E-state index >= 15 is 0 Å². The number of rotatable bonds is 9. The van der Waals surface area contributed by atoms with Crippen LogP contribution in [0.15, 0.2) is 55.1 Å². The number of halogens is 1. The van der Waals surface area contributed by atoms with Gasteiger partial charge in [-0.2, -0.15) is 0 Å². The van der Waals surface area contributed by atoms with Crippen molar-refractivity contribution in [3.8, 4) is 16.9 Å². The second-order valence-corrected chi connectivity index (χ2v) is 7.93. The average molecular weight is 460 g/mol. The Hall–Kier alpha value is -2.78. The average Bonchev–Trinajstić information content (AvgIpc) is 2.78. The second-order valence-electron chi connectivity index (χ2n) is 7.93. The largest absolute Gasteiger partial charge is 0.462 e. The van der Waals surface area contributed by atoms with Crippen molar-refractivity contribution in [3.05, 3.63) is 66.5 Å². The number of benzene rings is 2. The van der Waals surface area contributed by atoms with E-state index in [-0.39, 0.29) is 11.7 Å². The van der Waals surface area contributed by atoms with Gasteiger partial charge in [0.1, 0.15) is 29.9 Å². The number of carbonyl (C=O) groups is 1. The maximum atomic E-state index is 13.9. The molecule has 0 bridgehead atoms. The zero-order valence-corrected chi connectivity index (χ0v) is 18.7. The monoisotopic (exact) mass is 459 g/mol. The van der Waals surface area contributed by atoms with Crippen LogP contribution in [0.5, 0.6) is 5.75 Å².